The topological polar surface area (TPSA) is 64.6 Å². The van der Waals surface area contributed by atoms with Crippen LogP contribution >= 0.6 is 0 Å². The van der Waals surface area contributed by atoms with Crippen LogP contribution in [0.2, 0.25) is 0 Å². The molecule has 2 heterocycles. The monoisotopic (exact) mass is 249 g/mol. The molecule has 5 heteroatoms. The molecule has 2 aliphatic rings. The number of para-hydroxylation sites is 1. The van der Waals surface area contributed by atoms with E-state index in [1.807, 2.05) is 0 Å². The highest BCUT2D eigenvalue weighted by Gasteiger charge is 2.17. The van der Waals surface area contributed by atoms with Crippen LogP contribution in [0.3, 0.4) is 0 Å². The first kappa shape index (κ1) is 12.4. The Morgan fingerprint density at radius 1 is 1.06 bits per heavy atom. The van der Waals surface area contributed by atoms with Crippen molar-refractivity contribution in [3.63, 3.8) is 0 Å². The van der Waals surface area contributed by atoms with Crippen molar-refractivity contribution in [1.29, 1.82) is 0 Å². The first-order chi connectivity index (χ1) is 8.75. The summed E-state index contributed by atoms with van der Waals surface area (Å²) in [5.41, 5.74) is 2.79. The lowest BCUT2D eigenvalue weighted by atomic mass is 10.0. The summed E-state index contributed by atoms with van der Waals surface area (Å²) >= 11 is 0. The Hall–Kier alpha value is -2.04. The van der Waals surface area contributed by atoms with Gasteiger partial charge in [0.05, 0.1) is 0 Å². The highest BCUT2D eigenvalue weighted by molar-refractivity contribution is 5.92. The summed E-state index contributed by atoms with van der Waals surface area (Å²) in [5, 5.41) is 3.36. The zero-order valence-electron chi connectivity index (χ0n) is 9.98. The van der Waals surface area contributed by atoms with E-state index >= 15 is 0 Å². The van der Waals surface area contributed by atoms with Gasteiger partial charge >= 0.3 is 11.9 Å². The largest absolute Gasteiger partial charge is 0.427 e. The van der Waals surface area contributed by atoms with Crippen LogP contribution in [0.25, 0.3) is 0 Å². The number of hydrogen-bond donors (Lipinski definition) is 1. The van der Waals surface area contributed by atoms with Gasteiger partial charge in [0, 0.05) is 12.2 Å². The number of carbonyl (C=O) groups excluding carboxylic acids is 2. The molecule has 1 fully saturated rings. The highest BCUT2D eigenvalue weighted by Crippen LogP contribution is 2.20. The molecule has 0 aromatic heterocycles. The summed E-state index contributed by atoms with van der Waals surface area (Å²) in [4.78, 5) is 20.3. The van der Waals surface area contributed by atoms with Gasteiger partial charge in [0.1, 0.15) is 6.42 Å². The number of rotatable bonds is 0. The van der Waals surface area contributed by atoms with Crippen LogP contribution in [0.15, 0.2) is 24.3 Å². The molecule has 0 unspecified atom stereocenters. The van der Waals surface area contributed by atoms with E-state index in [-0.39, 0.29) is 13.2 Å². The quantitative estimate of drug-likeness (QED) is 0.557. The standard InChI is InChI=1S/C9H11N.C4H4O4/c1-2-6-9-8(4-1)5-3-7-10-9;5-3-1-4(6)8-2-7-3/h1-2,4,6,10H,3,5,7H2;1-2H2. The molecule has 5 nitrogen and oxygen atoms in total. The molecule has 18 heavy (non-hydrogen) atoms. The van der Waals surface area contributed by atoms with E-state index in [0.29, 0.717) is 0 Å². The predicted molar refractivity (Wildman–Crippen MR) is 64.9 cm³/mol. The zero-order valence-corrected chi connectivity index (χ0v) is 9.98. The van der Waals surface area contributed by atoms with Crippen molar-refractivity contribution in [1.82, 2.24) is 0 Å². The number of ether oxygens (including phenoxy) is 2. The number of aryl methyl sites for hydroxylation is 1. The fourth-order valence-electron chi connectivity index (χ4n) is 1.79. The smallest absolute Gasteiger partial charge is 0.320 e. The zero-order chi connectivity index (χ0) is 12.8. The van der Waals surface area contributed by atoms with Crippen molar-refractivity contribution in [3.05, 3.63) is 29.8 Å². The van der Waals surface area contributed by atoms with E-state index in [0.717, 1.165) is 6.54 Å². The number of fused-ring (bicyclic) bond motifs is 1. The maximum absolute atomic E-state index is 10.2. The summed E-state index contributed by atoms with van der Waals surface area (Å²) < 4.78 is 8.53. The van der Waals surface area contributed by atoms with Gasteiger partial charge in [-0.1, -0.05) is 18.2 Å². The van der Waals surface area contributed by atoms with Gasteiger partial charge in [0.25, 0.3) is 0 Å². The Morgan fingerprint density at radius 3 is 2.39 bits per heavy atom. The summed E-state index contributed by atoms with van der Waals surface area (Å²) in [6.45, 7) is 0.911. The van der Waals surface area contributed by atoms with Crippen LogP contribution < -0.4 is 5.32 Å². The van der Waals surface area contributed by atoms with Crippen LogP contribution in [0.1, 0.15) is 18.4 Å². The molecule has 0 spiro atoms. The highest BCUT2D eigenvalue weighted by atomic mass is 16.7. The van der Waals surface area contributed by atoms with E-state index in [2.05, 4.69) is 39.1 Å². The van der Waals surface area contributed by atoms with E-state index in [1.54, 1.807) is 0 Å². The number of benzene rings is 1. The normalized spacial score (nSPS) is 17.3. The lowest BCUT2D eigenvalue weighted by molar-refractivity contribution is -0.181. The number of anilines is 1. The summed E-state index contributed by atoms with van der Waals surface area (Å²) in [5.74, 6) is -1.03. The Labute approximate surface area is 105 Å². The van der Waals surface area contributed by atoms with E-state index < -0.39 is 11.9 Å². The lowest BCUT2D eigenvalue weighted by Crippen LogP contribution is -2.22. The molecule has 96 valence electrons. The molecule has 1 aromatic rings. The molecule has 0 aliphatic carbocycles. The predicted octanol–water partition coefficient (Wildman–Crippen LogP) is 1.48. The second-order valence-electron chi connectivity index (χ2n) is 4.01. The van der Waals surface area contributed by atoms with Gasteiger partial charge in [0.2, 0.25) is 6.79 Å². The Kier molecular flexibility index (Phi) is 4.17. The third-order valence-corrected chi connectivity index (χ3v) is 2.68. The second-order valence-corrected chi connectivity index (χ2v) is 4.01. The minimum Gasteiger partial charge on any atom is -0.427 e. The molecule has 3 rings (SSSR count). The molecule has 1 N–H and O–H groups in total. The fraction of sp³-hybridized carbons (Fsp3) is 0.385. The fourth-order valence-corrected chi connectivity index (χ4v) is 1.79. The van der Waals surface area contributed by atoms with Crippen molar-refractivity contribution < 1.29 is 19.1 Å². The molecule has 0 atom stereocenters. The molecule has 0 saturated carbocycles. The summed E-state index contributed by atoms with van der Waals surface area (Å²) in [6.07, 6.45) is 2.26. The first-order valence-corrected chi connectivity index (χ1v) is 5.89. The van der Waals surface area contributed by atoms with Gasteiger partial charge in [-0.05, 0) is 24.5 Å². The Balaban J connectivity index is 0.000000138. The molecule has 0 bridgehead atoms. The Morgan fingerprint density at radius 2 is 1.78 bits per heavy atom. The maximum atomic E-state index is 10.2. The Bertz CT molecular complexity index is 405. The van der Waals surface area contributed by atoms with Crippen molar-refractivity contribution in [2.75, 3.05) is 18.7 Å². The SMILES string of the molecule is O=C1CC(=O)OCO1.c1ccc2c(c1)CCCN2. The number of carbonyl (C=O) groups is 2. The van der Waals surface area contributed by atoms with Gasteiger partial charge in [-0.15, -0.1) is 0 Å². The third-order valence-electron chi connectivity index (χ3n) is 2.68. The molecule has 2 aliphatic heterocycles. The van der Waals surface area contributed by atoms with Crippen LogP contribution in [0.5, 0.6) is 0 Å². The number of hydrogen-bond acceptors (Lipinski definition) is 5. The van der Waals surface area contributed by atoms with Crippen LogP contribution in [0.4, 0.5) is 5.69 Å². The van der Waals surface area contributed by atoms with Gasteiger partial charge in [-0.3, -0.25) is 9.59 Å². The minimum absolute atomic E-state index is 0.225. The number of nitrogens with one attached hydrogen (secondary N) is 1. The minimum atomic E-state index is -0.513. The molecular formula is C13H15NO4. The van der Waals surface area contributed by atoms with E-state index in [4.69, 9.17) is 0 Å². The van der Waals surface area contributed by atoms with Gasteiger partial charge in [0.15, 0.2) is 0 Å². The van der Waals surface area contributed by atoms with Crippen LogP contribution in [-0.4, -0.2) is 25.3 Å². The molecule has 0 radical (unpaired) electrons. The number of cyclic esters (lactones) is 2. The van der Waals surface area contributed by atoms with Gasteiger partial charge in [-0.2, -0.15) is 0 Å². The van der Waals surface area contributed by atoms with Crippen molar-refractivity contribution in [2.24, 2.45) is 0 Å². The summed E-state index contributed by atoms with van der Waals surface area (Å²) in [6, 6.07) is 8.53. The molecular weight excluding hydrogens is 234 g/mol. The lowest BCUT2D eigenvalue weighted by Gasteiger charge is -2.16. The molecule has 0 amide bonds. The molecule has 1 saturated heterocycles. The van der Waals surface area contributed by atoms with Crippen LogP contribution in [0, 0.1) is 0 Å². The average Bonchev–Trinajstić information content (AvgIpc) is 2.39. The van der Waals surface area contributed by atoms with Crippen molar-refractivity contribution in [2.45, 2.75) is 19.3 Å². The number of esters is 2. The van der Waals surface area contributed by atoms with E-state index in [9.17, 15) is 9.59 Å². The molecule has 1 aromatic carbocycles. The summed E-state index contributed by atoms with van der Waals surface area (Å²) in [7, 11) is 0. The van der Waals surface area contributed by atoms with Gasteiger partial charge < -0.3 is 14.8 Å². The maximum Gasteiger partial charge on any atom is 0.320 e. The second kappa shape index (κ2) is 6.05. The average molecular weight is 249 g/mol. The van der Waals surface area contributed by atoms with E-state index in [1.165, 1.54) is 24.1 Å². The van der Waals surface area contributed by atoms with Crippen LogP contribution in [-0.2, 0) is 25.5 Å². The van der Waals surface area contributed by atoms with Gasteiger partial charge in [-0.25, -0.2) is 0 Å². The first-order valence-electron chi connectivity index (χ1n) is 5.89. The van der Waals surface area contributed by atoms with Crippen molar-refractivity contribution in [3.8, 4) is 0 Å². The van der Waals surface area contributed by atoms with Crippen molar-refractivity contribution >= 4 is 17.6 Å². The third kappa shape index (κ3) is 3.48.